The van der Waals surface area contributed by atoms with Crippen LogP contribution >= 0.6 is 11.6 Å². The highest BCUT2D eigenvalue weighted by molar-refractivity contribution is 6.28. The average Bonchev–Trinajstić information content (AvgIpc) is 3.09. The maximum Gasteiger partial charge on any atom is 0.321 e. The van der Waals surface area contributed by atoms with Crippen LogP contribution in [0, 0.1) is 0 Å². The van der Waals surface area contributed by atoms with Gasteiger partial charge in [-0.25, -0.2) is 0 Å². The van der Waals surface area contributed by atoms with E-state index in [9.17, 15) is 5.11 Å². The summed E-state index contributed by atoms with van der Waals surface area (Å²) in [5, 5.41) is 18.8. The number of phenols is 1. The second kappa shape index (κ2) is 7.00. The molecule has 0 fully saturated rings. The first kappa shape index (κ1) is 16.9. The fraction of sp³-hybridized carbons (Fsp3) is 0.0556. The number of benzene rings is 2. The molecule has 4 aromatic rings. The van der Waals surface area contributed by atoms with E-state index in [4.69, 9.17) is 16.3 Å². The van der Waals surface area contributed by atoms with Crippen molar-refractivity contribution < 1.29 is 9.84 Å². The summed E-state index contributed by atoms with van der Waals surface area (Å²) in [5.41, 5.74) is 2.43. The van der Waals surface area contributed by atoms with E-state index in [0.717, 1.165) is 0 Å². The Morgan fingerprint density at radius 3 is 2.70 bits per heavy atom. The molecule has 0 aliphatic carbocycles. The van der Waals surface area contributed by atoms with Gasteiger partial charge in [0.2, 0.25) is 5.28 Å². The fourth-order valence-electron chi connectivity index (χ4n) is 2.45. The van der Waals surface area contributed by atoms with Crippen molar-refractivity contribution in [1.82, 2.24) is 29.9 Å². The molecule has 2 aromatic carbocycles. The second-order valence-electron chi connectivity index (χ2n) is 5.49. The Bertz CT molecular complexity index is 1140. The zero-order valence-electron chi connectivity index (χ0n) is 13.9. The SMILES string of the molecule is C=CCOc1nc(Cl)nc(-c2ccc3nn(-c4ccccc4O)nc3c2)n1. The highest BCUT2D eigenvalue weighted by Crippen LogP contribution is 2.24. The Morgan fingerprint density at radius 1 is 1.07 bits per heavy atom. The van der Waals surface area contributed by atoms with Crippen LogP contribution in [-0.2, 0) is 0 Å². The van der Waals surface area contributed by atoms with Crippen molar-refractivity contribution in [1.29, 1.82) is 0 Å². The molecule has 134 valence electrons. The third kappa shape index (κ3) is 3.42. The van der Waals surface area contributed by atoms with Crippen LogP contribution in [0.2, 0.25) is 5.28 Å². The molecule has 0 aliphatic rings. The molecule has 9 heteroatoms. The van der Waals surface area contributed by atoms with Gasteiger partial charge in [-0.05, 0) is 41.9 Å². The molecule has 0 amide bonds. The van der Waals surface area contributed by atoms with Crippen molar-refractivity contribution in [3.05, 3.63) is 60.4 Å². The van der Waals surface area contributed by atoms with Crippen molar-refractivity contribution in [3.8, 4) is 28.8 Å². The predicted molar refractivity (Wildman–Crippen MR) is 100 cm³/mol. The van der Waals surface area contributed by atoms with E-state index in [-0.39, 0.29) is 23.7 Å². The number of hydrogen-bond donors (Lipinski definition) is 1. The van der Waals surface area contributed by atoms with Crippen molar-refractivity contribution in [2.24, 2.45) is 0 Å². The Morgan fingerprint density at radius 2 is 1.89 bits per heavy atom. The van der Waals surface area contributed by atoms with Gasteiger partial charge in [0.15, 0.2) is 5.82 Å². The molecule has 0 saturated heterocycles. The third-order valence-corrected chi connectivity index (χ3v) is 3.82. The number of para-hydroxylation sites is 2. The number of halogens is 1. The minimum atomic E-state index is 0.0250. The van der Waals surface area contributed by atoms with Gasteiger partial charge in [-0.15, -0.1) is 15.0 Å². The molecule has 27 heavy (non-hydrogen) atoms. The Kier molecular flexibility index (Phi) is 4.39. The number of phenolic OH excluding ortho intramolecular Hbond substituents is 1. The largest absolute Gasteiger partial charge is 0.506 e. The topological polar surface area (TPSA) is 98.8 Å². The summed E-state index contributed by atoms with van der Waals surface area (Å²) < 4.78 is 5.34. The van der Waals surface area contributed by atoms with Gasteiger partial charge in [-0.3, -0.25) is 0 Å². The first-order valence-electron chi connectivity index (χ1n) is 7.95. The molecule has 0 aliphatic heterocycles. The van der Waals surface area contributed by atoms with Gasteiger partial charge in [0, 0.05) is 5.56 Å². The number of nitrogens with zero attached hydrogens (tertiary/aromatic N) is 6. The van der Waals surface area contributed by atoms with Crippen LogP contribution in [0.15, 0.2) is 55.1 Å². The summed E-state index contributed by atoms with van der Waals surface area (Å²) in [6.45, 7) is 3.84. The number of ether oxygens (including phenoxy) is 1. The van der Waals surface area contributed by atoms with Gasteiger partial charge in [0.1, 0.15) is 29.1 Å². The maximum atomic E-state index is 9.99. The summed E-state index contributed by atoms with van der Waals surface area (Å²) >= 11 is 5.97. The van der Waals surface area contributed by atoms with Crippen LogP contribution < -0.4 is 4.74 Å². The molecule has 0 spiro atoms. The molecule has 8 nitrogen and oxygen atoms in total. The van der Waals surface area contributed by atoms with E-state index in [2.05, 4.69) is 31.7 Å². The number of fused-ring (bicyclic) bond motifs is 1. The highest BCUT2D eigenvalue weighted by Gasteiger charge is 2.12. The lowest BCUT2D eigenvalue weighted by Gasteiger charge is -2.04. The lowest BCUT2D eigenvalue weighted by atomic mass is 10.2. The Labute approximate surface area is 158 Å². The van der Waals surface area contributed by atoms with E-state index in [1.54, 1.807) is 48.5 Å². The molecule has 1 N–H and O–H groups in total. The van der Waals surface area contributed by atoms with Crippen molar-refractivity contribution in [2.45, 2.75) is 0 Å². The molecule has 0 unspecified atom stereocenters. The quantitative estimate of drug-likeness (QED) is 0.531. The lowest BCUT2D eigenvalue weighted by molar-refractivity contribution is 0.332. The first-order chi connectivity index (χ1) is 13.1. The zero-order valence-corrected chi connectivity index (χ0v) is 14.7. The predicted octanol–water partition coefficient (Wildman–Crippen LogP) is 3.20. The molecule has 0 radical (unpaired) electrons. The van der Waals surface area contributed by atoms with E-state index >= 15 is 0 Å². The van der Waals surface area contributed by atoms with Crippen LogP contribution in [-0.4, -0.2) is 41.7 Å². The van der Waals surface area contributed by atoms with Crippen LogP contribution in [0.3, 0.4) is 0 Å². The third-order valence-electron chi connectivity index (χ3n) is 3.65. The van der Waals surface area contributed by atoms with E-state index in [0.29, 0.717) is 28.1 Å². The number of aromatic nitrogens is 6. The molecule has 0 bridgehead atoms. The second-order valence-corrected chi connectivity index (χ2v) is 5.83. The average molecular weight is 381 g/mol. The molecular formula is C18H13ClN6O2. The molecule has 2 aromatic heterocycles. The minimum absolute atomic E-state index is 0.0250. The highest BCUT2D eigenvalue weighted by atomic mass is 35.5. The Hall–Kier alpha value is -3.52. The standard InChI is InChI=1S/C18H13ClN6O2/c1-2-9-27-18-21-16(20-17(19)22-18)11-7-8-12-13(10-11)24-25(23-12)14-5-3-4-6-15(14)26/h2-8,10,26H,1,9H2. The van der Waals surface area contributed by atoms with Crippen LogP contribution in [0.1, 0.15) is 0 Å². The van der Waals surface area contributed by atoms with E-state index in [1.807, 2.05) is 0 Å². The van der Waals surface area contributed by atoms with Gasteiger partial charge in [-0.2, -0.15) is 15.0 Å². The summed E-state index contributed by atoms with van der Waals surface area (Å²) in [6, 6.07) is 12.3. The first-order valence-corrected chi connectivity index (χ1v) is 8.33. The molecule has 2 heterocycles. The number of rotatable bonds is 5. The van der Waals surface area contributed by atoms with Gasteiger partial charge in [0.25, 0.3) is 0 Å². The summed E-state index contributed by atoms with van der Waals surface area (Å²) in [6.07, 6.45) is 1.58. The van der Waals surface area contributed by atoms with Crippen LogP contribution in [0.25, 0.3) is 28.1 Å². The smallest absolute Gasteiger partial charge is 0.321 e. The van der Waals surface area contributed by atoms with Crippen LogP contribution in [0.5, 0.6) is 11.8 Å². The van der Waals surface area contributed by atoms with Gasteiger partial charge < -0.3 is 9.84 Å². The van der Waals surface area contributed by atoms with E-state index in [1.165, 1.54) is 4.80 Å². The van der Waals surface area contributed by atoms with Gasteiger partial charge in [-0.1, -0.05) is 24.8 Å². The molecule has 0 saturated carbocycles. The summed E-state index contributed by atoms with van der Waals surface area (Å²) in [4.78, 5) is 13.7. The van der Waals surface area contributed by atoms with E-state index < -0.39 is 0 Å². The normalized spacial score (nSPS) is 10.9. The van der Waals surface area contributed by atoms with Crippen LogP contribution in [0.4, 0.5) is 0 Å². The molecule has 4 rings (SSSR count). The Balaban J connectivity index is 1.75. The van der Waals surface area contributed by atoms with Crippen molar-refractivity contribution in [3.63, 3.8) is 0 Å². The monoisotopic (exact) mass is 380 g/mol. The lowest BCUT2D eigenvalue weighted by Crippen LogP contribution is -2.01. The van der Waals surface area contributed by atoms with Crippen molar-refractivity contribution in [2.75, 3.05) is 6.61 Å². The summed E-state index contributed by atoms with van der Waals surface area (Å²) in [7, 11) is 0. The molecule has 0 atom stereocenters. The number of aromatic hydroxyl groups is 1. The minimum Gasteiger partial charge on any atom is -0.506 e. The maximum absolute atomic E-state index is 9.99. The fourth-order valence-corrected chi connectivity index (χ4v) is 2.61. The number of hydrogen-bond acceptors (Lipinski definition) is 7. The molecular weight excluding hydrogens is 368 g/mol. The summed E-state index contributed by atoms with van der Waals surface area (Å²) in [5.74, 6) is 0.444. The van der Waals surface area contributed by atoms with Gasteiger partial charge >= 0.3 is 6.01 Å². The van der Waals surface area contributed by atoms with Crippen molar-refractivity contribution >= 4 is 22.6 Å². The zero-order chi connectivity index (χ0) is 18.8. The van der Waals surface area contributed by atoms with Gasteiger partial charge in [0.05, 0.1) is 0 Å².